The van der Waals surface area contributed by atoms with Crippen molar-refractivity contribution in [3.05, 3.63) is 41.4 Å². The summed E-state index contributed by atoms with van der Waals surface area (Å²) in [5, 5.41) is 3.37. The Balaban J connectivity index is 0.000000980. The normalized spacial score (nSPS) is 31.0. The molecular formula is C19H23Cl2N3OS. The van der Waals surface area contributed by atoms with Gasteiger partial charge in [0.2, 0.25) is 0 Å². The van der Waals surface area contributed by atoms with Gasteiger partial charge in [-0.25, -0.2) is 0 Å². The van der Waals surface area contributed by atoms with Crippen LogP contribution < -0.4 is 5.32 Å². The average Bonchev–Trinajstić information content (AvgIpc) is 3.08. The number of amides is 1. The monoisotopic (exact) mass is 411 g/mol. The van der Waals surface area contributed by atoms with Gasteiger partial charge in [0.05, 0.1) is 15.4 Å². The number of thiophene rings is 1. The molecule has 1 amide bonds. The zero-order valence-electron chi connectivity index (χ0n) is 14.3. The fourth-order valence-electron chi connectivity index (χ4n) is 4.97. The first-order chi connectivity index (χ1) is 11.8. The molecule has 3 aliphatic heterocycles. The number of aromatic nitrogens is 1. The van der Waals surface area contributed by atoms with Crippen molar-refractivity contribution >= 4 is 42.1 Å². The second-order valence-electron chi connectivity index (χ2n) is 7.45. The van der Waals surface area contributed by atoms with Crippen LogP contribution in [0, 0.1) is 17.8 Å². The van der Waals surface area contributed by atoms with Crippen LogP contribution in [0.5, 0.6) is 0 Å². The van der Waals surface area contributed by atoms with E-state index in [0.29, 0.717) is 17.9 Å². The molecule has 5 heterocycles. The summed E-state index contributed by atoms with van der Waals surface area (Å²) in [6.07, 6.45) is 4.38. The Hall–Kier alpha value is -1.14. The summed E-state index contributed by atoms with van der Waals surface area (Å²) in [4.78, 5) is 21.6. The molecule has 2 aromatic rings. The van der Waals surface area contributed by atoms with Crippen molar-refractivity contribution < 1.29 is 4.79 Å². The molecule has 26 heavy (non-hydrogen) atoms. The number of nitrogens with zero attached hydrogens (tertiary/aromatic N) is 2. The Morgan fingerprint density at radius 3 is 2.50 bits per heavy atom. The van der Waals surface area contributed by atoms with Gasteiger partial charge in [-0.15, -0.1) is 36.2 Å². The summed E-state index contributed by atoms with van der Waals surface area (Å²) in [7, 11) is 0. The zero-order valence-corrected chi connectivity index (χ0v) is 16.8. The van der Waals surface area contributed by atoms with E-state index in [1.807, 2.05) is 30.3 Å². The van der Waals surface area contributed by atoms with Crippen LogP contribution in [0.15, 0.2) is 36.5 Å². The Morgan fingerprint density at radius 2 is 1.85 bits per heavy atom. The van der Waals surface area contributed by atoms with Gasteiger partial charge < -0.3 is 10.2 Å². The fraction of sp³-hybridized carbons (Fsp3) is 0.474. The summed E-state index contributed by atoms with van der Waals surface area (Å²) in [6.45, 7) is 3.62. The topological polar surface area (TPSA) is 45.2 Å². The van der Waals surface area contributed by atoms with E-state index in [2.05, 4.69) is 15.2 Å². The number of hydrogen-bond acceptors (Lipinski definition) is 4. The lowest BCUT2D eigenvalue weighted by Crippen LogP contribution is -2.64. The molecule has 4 fully saturated rings. The number of rotatable bonds is 3. The van der Waals surface area contributed by atoms with E-state index in [1.54, 1.807) is 6.20 Å². The van der Waals surface area contributed by atoms with Crippen LogP contribution >= 0.6 is 36.2 Å². The van der Waals surface area contributed by atoms with Gasteiger partial charge >= 0.3 is 0 Å². The average molecular weight is 412 g/mol. The Labute approximate surface area is 170 Å². The minimum Gasteiger partial charge on any atom is -0.348 e. The predicted molar refractivity (Wildman–Crippen MR) is 109 cm³/mol. The minimum atomic E-state index is 0. The van der Waals surface area contributed by atoms with Crippen LogP contribution in [0.2, 0.25) is 0 Å². The van der Waals surface area contributed by atoms with Crippen molar-refractivity contribution in [2.45, 2.75) is 18.9 Å². The predicted octanol–water partition coefficient (Wildman–Crippen LogP) is 3.72. The van der Waals surface area contributed by atoms with Gasteiger partial charge in [0.1, 0.15) is 0 Å². The zero-order chi connectivity index (χ0) is 16.1. The van der Waals surface area contributed by atoms with E-state index in [4.69, 9.17) is 0 Å². The van der Waals surface area contributed by atoms with Crippen molar-refractivity contribution in [3.63, 3.8) is 0 Å². The minimum absolute atomic E-state index is 0. The summed E-state index contributed by atoms with van der Waals surface area (Å²) in [5.41, 5.74) is 0.934. The third kappa shape index (κ3) is 3.50. The van der Waals surface area contributed by atoms with Gasteiger partial charge in [-0.1, -0.05) is 6.07 Å². The maximum Gasteiger partial charge on any atom is 0.261 e. The molecule has 0 spiro atoms. The lowest BCUT2D eigenvalue weighted by molar-refractivity contribution is -0.0418. The number of carbonyl (C=O) groups is 1. The van der Waals surface area contributed by atoms with E-state index in [0.717, 1.165) is 21.4 Å². The molecule has 4 aliphatic rings. The molecule has 6 rings (SSSR count). The second kappa shape index (κ2) is 7.85. The molecule has 7 heteroatoms. The molecule has 2 aromatic heterocycles. The number of carbonyl (C=O) groups excluding carboxylic acids is 1. The molecule has 4 nitrogen and oxygen atoms in total. The molecular weight excluding hydrogens is 389 g/mol. The van der Waals surface area contributed by atoms with Crippen LogP contribution in [0.25, 0.3) is 10.6 Å². The maximum absolute atomic E-state index is 12.7. The van der Waals surface area contributed by atoms with Crippen molar-refractivity contribution in [2.24, 2.45) is 17.8 Å². The first-order valence-electron chi connectivity index (χ1n) is 8.81. The van der Waals surface area contributed by atoms with Crippen LogP contribution in [-0.2, 0) is 0 Å². The quantitative estimate of drug-likeness (QED) is 0.836. The largest absolute Gasteiger partial charge is 0.348 e. The Bertz CT molecular complexity index is 739. The van der Waals surface area contributed by atoms with Gasteiger partial charge in [0.15, 0.2) is 0 Å². The van der Waals surface area contributed by atoms with Crippen LogP contribution in [-0.4, -0.2) is 41.5 Å². The summed E-state index contributed by atoms with van der Waals surface area (Å²) in [5.74, 6) is 2.26. The SMILES string of the molecule is Cl.Cl.O=C(NC1C2CC3CC1CN(C3)C2)c1ccc(-c2ccccn2)s1. The molecule has 3 saturated heterocycles. The molecule has 0 aromatic carbocycles. The lowest BCUT2D eigenvalue weighted by atomic mass is 9.65. The maximum atomic E-state index is 12.7. The highest BCUT2D eigenvalue weighted by atomic mass is 35.5. The summed E-state index contributed by atoms with van der Waals surface area (Å²) < 4.78 is 0. The molecule has 2 unspecified atom stereocenters. The van der Waals surface area contributed by atoms with Crippen LogP contribution in [0.4, 0.5) is 0 Å². The fourth-order valence-corrected chi connectivity index (χ4v) is 5.86. The van der Waals surface area contributed by atoms with Crippen molar-refractivity contribution in [1.82, 2.24) is 15.2 Å². The molecule has 1 aliphatic carbocycles. The first kappa shape index (κ1) is 19.6. The van der Waals surface area contributed by atoms with Gasteiger partial charge in [-0.05, 0) is 54.9 Å². The molecule has 1 saturated carbocycles. The van der Waals surface area contributed by atoms with E-state index in [9.17, 15) is 4.79 Å². The smallest absolute Gasteiger partial charge is 0.261 e. The molecule has 2 atom stereocenters. The van der Waals surface area contributed by atoms with Gasteiger partial charge in [0, 0.05) is 31.9 Å². The highest BCUT2D eigenvalue weighted by Gasteiger charge is 2.47. The van der Waals surface area contributed by atoms with E-state index < -0.39 is 0 Å². The van der Waals surface area contributed by atoms with E-state index >= 15 is 0 Å². The van der Waals surface area contributed by atoms with Crippen molar-refractivity contribution in [1.29, 1.82) is 0 Å². The first-order valence-corrected chi connectivity index (χ1v) is 9.62. The third-order valence-electron chi connectivity index (χ3n) is 5.83. The standard InChI is InChI=1S/C19H21N3OS.2ClH/c23-19(17-5-4-16(24-17)15-3-1-2-6-20-15)21-18-13-7-12-8-14(18)11-22(9-12)10-13;;/h1-6,12-14,18H,7-11H2,(H,21,23);2*1H. The number of piperidine rings is 3. The van der Waals surface area contributed by atoms with E-state index in [-0.39, 0.29) is 30.7 Å². The van der Waals surface area contributed by atoms with Crippen LogP contribution in [0.3, 0.4) is 0 Å². The van der Waals surface area contributed by atoms with Crippen molar-refractivity contribution in [2.75, 3.05) is 19.6 Å². The highest BCUT2D eigenvalue weighted by Crippen LogP contribution is 2.43. The molecule has 4 bridgehead atoms. The number of hydrogen-bond donors (Lipinski definition) is 1. The molecule has 1 N–H and O–H groups in total. The van der Waals surface area contributed by atoms with Crippen LogP contribution in [0.1, 0.15) is 22.5 Å². The van der Waals surface area contributed by atoms with Crippen molar-refractivity contribution in [3.8, 4) is 10.6 Å². The van der Waals surface area contributed by atoms with E-state index in [1.165, 1.54) is 43.8 Å². The van der Waals surface area contributed by atoms with Gasteiger partial charge in [-0.2, -0.15) is 0 Å². The highest BCUT2D eigenvalue weighted by molar-refractivity contribution is 7.17. The van der Waals surface area contributed by atoms with Gasteiger partial charge in [0.25, 0.3) is 5.91 Å². The van der Waals surface area contributed by atoms with Gasteiger partial charge in [-0.3, -0.25) is 9.78 Å². The second-order valence-corrected chi connectivity index (χ2v) is 8.54. The molecule has 140 valence electrons. The summed E-state index contributed by atoms with van der Waals surface area (Å²) in [6, 6.07) is 10.2. The Morgan fingerprint density at radius 1 is 1.08 bits per heavy atom. The third-order valence-corrected chi connectivity index (χ3v) is 6.94. The number of pyridine rings is 1. The molecule has 0 radical (unpaired) electrons. The Kier molecular flexibility index (Phi) is 5.92. The number of halogens is 2. The lowest BCUT2D eigenvalue weighted by Gasteiger charge is -2.55. The number of nitrogens with one attached hydrogen (secondary N) is 1. The summed E-state index contributed by atoms with van der Waals surface area (Å²) >= 11 is 1.54.